The summed E-state index contributed by atoms with van der Waals surface area (Å²) >= 11 is 1.05. The third-order valence-corrected chi connectivity index (χ3v) is 7.18. The Morgan fingerprint density at radius 3 is 2.50 bits per heavy atom. The predicted molar refractivity (Wildman–Crippen MR) is 106 cm³/mol. The molecule has 2 aromatic carbocycles. The average Bonchev–Trinajstić information content (AvgIpc) is 2.89. The summed E-state index contributed by atoms with van der Waals surface area (Å²) in [5, 5.41) is 0. The van der Waals surface area contributed by atoms with Crippen LogP contribution in [0.5, 0.6) is 0 Å². The van der Waals surface area contributed by atoms with Crippen molar-refractivity contribution < 1.29 is 8.42 Å². The highest BCUT2D eigenvalue weighted by Gasteiger charge is 2.21. The minimum absolute atomic E-state index is 0.107. The van der Waals surface area contributed by atoms with Crippen molar-refractivity contribution in [2.75, 3.05) is 0 Å². The van der Waals surface area contributed by atoms with Gasteiger partial charge in [0.25, 0.3) is 0 Å². The van der Waals surface area contributed by atoms with Crippen molar-refractivity contribution in [3.63, 3.8) is 0 Å². The van der Waals surface area contributed by atoms with E-state index in [0.29, 0.717) is 11.1 Å². The van der Waals surface area contributed by atoms with Crippen molar-refractivity contribution in [3.05, 3.63) is 62.8 Å². The van der Waals surface area contributed by atoms with Crippen LogP contribution < -0.4 is 9.60 Å². The van der Waals surface area contributed by atoms with E-state index in [4.69, 9.17) is 0 Å². The van der Waals surface area contributed by atoms with Crippen molar-refractivity contribution in [1.29, 1.82) is 0 Å². The Kier molecular flexibility index (Phi) is 5.05. The first-order valence-corrected chi connectivity index (χ1v) is 10.7. The fraction of sp³-hybridized carbons (Fsp3) is 0.316. The monoisotopic (exact) mass is 390 g/mol. The standard InChI is InChI=1S/C19H22N2O3S2/c1-5-16(14-7-6-12(2)13(3)10-14)20-26(23,24)15-8-9-17-18(11-15)25-19(22)21(17)4/h6-11,16,20H,5H2,1-4H3/t16-/m1/s1. The number of fused-ring (bicyclic) bond motifs is 1. The fourth-order valence-corrected chi connectivity index (χ4v) is 5.23. The van der Waals surface area contributed by atoms with Gasteiger partial charge in [0.15, 0.2) is 0 Å². The molecule has 0 amide bonds. The Balaban J connectivity index is 1.96. The fourth-order valence-electron chi connectivity index (χ4n) is 2.91. The lowest BCUT2D eigenvalue weighted by molar-refractivity contribution is 0.550. The molecule has 0 saturated heterocycles. The maximum absolute atomic E-state index is 12.9. The maximum atomic E-state index is 12.9. The highest BCUT2D eigenvalue weighted by molar-refractivity contribution is 7.89. The lowest BCUT2D eigenvalue weighted by Gasteiger charge is -2.19. The zero-order chi connectivity index (χ0) is 19.1. The van der Waals surface area contributed by atoms with Gasteiger partial charge in [-0.25, -0.2) is 13.1 Å². The molecule has 1 atom stereocenters. The maximum Gasteiger partial charge on any atom is 0.307 e. The van der Waals surface area contributed by atoms with Crippen LogP contribution >= 0.6 is 11.3 Å². The second-order valence-corrected chi connectivity index (χ2v) is 9.19. The summed E-state index contributed by atoms with van der Waals surface area (Å²) in [5.41, 5.74) is 4.00. The highest BCUT2D eigenvalue weighted by atomic mass is 32.2. The minimum Gasteiger partial charge on any atom is -0.302 e. The van der Waals surface area contributed by atoms with Gasteiger partial charge in [-0.1, -0.05) is 36.5 Å². The summed E-state index contributed by atoms with van der Waals surface area (Å²) in [5.74, 6) is 0. The number of aromatic nitrogens is 1. The molecule has 7 heteroatoms. The number of aryl methyl sites for hydroxylation is 3. The molecule has 3 rings (SSSR count). The summed E-state index contributed by atoms with van der Waals surface area (Å²) in [7, 11) is -2.01. The third-order valence-electron chi connectivity index (χ3n) is 4.71. The zero-order valence-electron chi connectivity index (χ0n) is 15.2. The van der Waals surface area contributed by atoms with Gasteiger partial charge >= 0.3 is 4.87 Å². The van der Waals surface area contributed by atoms with Crippen molar-refractivity contribution in [1.82, 2.24) is 9.29 Å². The number of sulfonamides is 1. The molecular formula is C19H22N2O3S2. The van der Waals surface area contributed by atoms with Crippen LogP contribution in [0.15, 0.2) is 46.1 Å². The number of thiazole rings is 1. The summed E-state index contributed by atoms with van der Waals surface area (Å²) < 4.78 is 30.7. The number of nitrogens with one attached hydrogen (secondary N) is 1. The van der Waals surface area contributed by atoms with Crippen molar-refractivity contribution in [2.24, 2.45) is 7.05 Å². The molecule has 0 aliphatic heterocycles. The van der Waals surface area contributed by atoms with Gasteiger partial charge in [-0.2, -0.15) is 0 Å². The smallest absolute Gasteiger partial charge is 0.302 e. The van der Waals surface area contributed by atoms with Crippen LogP contribution in [0.2, 0.25) is 0 Å². The van der Waals surface area contributed by atoms with E-state index in [1.165, 1.54) is 10.1 Å². The van der Waals surface area contributed by atoms with E-state index in [2.05, 4.69) is 4.72 Å². The number of hydrogen-bond donors (Lipinski definition) is 1. The van der Waals surface area contributed by atoms with Crippen LogP contribution in [0.3, 0.4) is 0 Å². The third kappa shape index (κ3) is 3.47. The zero-order valence-corrected chi connectivity index (χ0v) is 16.9. The van der Waals surface area contributed by atoms with Crippen LogP contribution in [0.1, 0.15) is 36.1 Å². The number of nitrogens with zero attached hydrogens (tertiary/aromatic N) is 1. The molecule has 3 aromatic rings. The SMILES string of the molecule is CC[C@@H](NS(=O)(=O)c1ccc2c(c1)sc(=O)n2C)c1ccc(C)c(C)c1. The highest BCUT2D eigenvalue weighted by Crippen LogP contribution is 2.25. The predicted octanol–water partition coefficient (Wildman–Crippen LogP) is 3.65. The molecule has 0 spiro atoms. The van der Waals surface area contributed by atoms with Crippen molar-refractivity contribution in [2.45, 2.75) is 38.1 Å². The van der Waals surface area contributed by atoms with Crippen molar-refractivity contribution in [3.8, 4) is 0 Å². The lowest BCUT2D eigenvalue weighted by Crippen LogP contribution is -2.28. The molecule has 138 valence electrons. The largest absolute Gasteiger partial charge is 0.307 e. The Morgan fingerprint density at radius 2 is 1.85 bits per heavy atom. The van der Waals surface area contributed by atoms with Gasteiger partial charge in [0.05, 0.1) is 15.1 Å². The van der Waals surface area contributed by atoms with Crippen LogP contribution in [0, 0.1) is 13.8 Å². The van der Waals surface area contributed by atoms with Crippen LogP contribution in [-0.4, -0.2) is 13.0 Å². The van der Waals surface area contributed by atoms with Gasteiger partial charge in [-0.15, -0.1) is 0 Å². The van der Waals surface area contributed by atoms with Gasteiger partial charge in [-0.3, -0.25) is 4.79 Å². The Bertz CT molecular complexity index is 1130. The van der Waals surface area contributed by atoms with Crippen LogP contribution in [0.4, 0.5) is 0 Å². The molecule has 5 nitrogen and oxygen atoms in total. The quantitative estimate of drug-likeness (QED) is 0.723. The van der Waals surface area contributed by atoms with E-state index >= 15 is 0 Å². The van der Waals surface area contributed by atoms with E-state index in [1.807, 2.05) is 39.0 Å². The summed E-state index contributed by atoms with van der Waals surface area (Å²) in [6.45, 7) is 6.00. The number of hydrogen-bond acceptors (Lipinski definition) is 4. The number of benzene rings is 2. The molecular weight excluding hydrogens is 368 g/mol. The molecule has 1 heterocycles. The second-order valence-electron chi connectivity index (χ2n) is 6.48. The van der Waals surface area contributed by atoms with Gasteiger partial charge in [0.2, 0.25) is 10.0 Å². The molecule has 0 saturated carbocycles. The first-order valence-electron chi connectivity index (χ1n) is 8.42. The molecule has 0 bridgehead atoms. The molecule has 1 N–H and O–H groups in total. The van der Waals surface area contributed by atoms with Gasteiger partial charge in [0.1, 0.15) is 0 Å². The Hall–Kier alpha value is -1.96. The van der Waals surface area contributed by atoms with Gasteiger partial charge in [0, 0.05) is 13.1 Å². The summed E-state index contributed by atoms with van der Waals surface area (Å²) in [6, 6.07) is 10.5. The minimum atomic E-state index is -3.69. The molecule has 26 heavy (non-hydrogen) atoms. The normalized spacial score (nSPS) is 13.2. The molecule has 0 fully saturated rings. The Labute approximate surface area is 157 Å². The molecule has 0 radical (unpaired) electrons. The topological polar surface area (TPSA) is 68.2 Å². The lowest BCUT2D eigenvalue weighted by atomic mass is 10.0. The van der Waals surface area contributed by atoms with Crippen LogP contribution in [0.25, 0.3) is 10.2 Å². The Morgan fingerprint density at radius 1 is 1.12 bits per heavy atom. The second kappa shape index (κ2) is 6.98. The van der Waals surface area contributed by atoms with Gasteiger partial charge in [-0.05, 0) is 55.2 Å². The van der Waals surface area contributed by atoms with E-state index in [0.717, 1.165) is 28.0 Å². The average molecular weight is 391 g/mol. The first-order chi connectivity index (χ1) is 12.2. The van der Waals surface area contributed by atoms with E-state index in [-0.39, 0.29) is 15.8 Å². The number of rotatable bonds is 5. The van der Waals surface area contributed by atoms with E-state index in [9.17, 15) is 13.2 Å². The molecule has 0 unspecified atom stereocenters. The molecule has 0 aliphatic rings. The summed E-state index contributed by atoms with van der Waals surface area (Å²) in [6.07, 6.45) is 0.642. The first kappa shape index (κ1) is 18.8. The van der Waals surface area contributed by atoms with Crippen molar-refractivity contribution >= 4 is 31.6 Å². The molecule has 1 aromatic heterocycles. The summed E-state index contributed by atoms with van der Waals surface area (Å²) in [4.78, 5) is 11.9. The van der Waals surface area contributed by atoms with E-state index < -0.39 is 10.0 Å². The van der Waals surface area contributed by atoms with Gasteiger partial charge < -0.3 is 4.57 Å². The van der Waals surface area contributed by atoms with E-state index in [1.54, 1.807) is 25.2 Å². The van der Waals surface area contributed by atoms with Crippen LogP contribution in [-0.2, 0) is 17.1 Å². The molecule has 0 aliphatic carbocycles.